The number of benzene rings is 2. The Morgan fingerprint density at radius 3 is 0.574 bits per heavy atom. The zero-order valence-electron chi connectivity index (χ0n) is 57.1. The summed E-state index contributed by atoms with van der Waals surface area (Å²) in [7, 11) is 0. The quantitative estimate of drug-likeness (QED) is 0.0349. The van der Waals surface area contributed by atoms with Crippen LogP contribution < -0.4 is 18.9 Å². The van der Waals surface area contributed by atoms with Crippen LogP contribution in [0.25, 0.3) is 63.8 Å². The van der Waals surface area contributed by atoms with E-state index in [0.29, 0.717) is 26.4 Å². The zero-order valence-corrected chi connectivity index (χ0v) is 68.4. The van der Waals surface area contributed by atoms with Crippen molar-refractivity contribution in [2.45, 2.75) is 285 Å². The maximum atomic E-state index is 6.80. The summed E-state index contributed by atoms with van der Waals surface area (Å²) in [6.07, 6.45) is 52.1. The molecule has 0 spiro atoms. The van der Waals surface area contributed by atoms with Crippen LogP contribution in [-0.2, 0) is 0 Å². The molecular formula is C76H108Br4N4O4S6. The molecule has 0 radical (unpaired) electrons. The highest BCUT2D eigenvalue weighted by molar-refractivity contribution is 9.11. The molecule has 0 fully saturated rings. The van der Waals surface area contributed by atoms with Gasteiger partial charge in [0.15, 0.2) is 23.0 Å². The molecule has 94 heavy (non-hydrogen) atoms. The molecule has 0 saturated carbocycles. The van der Waals surface area contributed by atoms with E-state index in [2.05, 4.69) is 140 Å². The van der Waals surface area contributed by atoms with E-state index in [9.17, 15) is 0 Å². The van der Waals surface area contributed by atoms with Crippen LogP contribution in [-0.4, -0.2) is 43.9 Å². The van der Waals surface area contributed by atoms with E-state index in [1.54, 1.807) is 45.3 Å². The number of rotatable bonds is 52. The zero-order chi connectivity index (χ0) is 66.2. The molecule has 0 unspecified atom stereocenters. The van der Waals surface area contributed by atoms with Gasteiger partial charge in [0.05, 0.1) is 87.3 Å². The maximum absolute atomic E-state index is 6.80. The Balaban J connectivity index is 0.000000266. The average molecular weight is 1650 g/mol. The van der Waals surface area contributed by atoms with Crippen LogP contribution in [0.1, 0.15) is 285 Å². The van der Waals surface area contributed by atoms with Crippen molar-refractivity contribution < 1.29 is 18.9 Å². The van der Waals surface area contributed by atoms with E-state index in [0.717, 1.165) is 128 Å². The van der Waals surface area contributed by atoms with E-state index >= 15 is 0 Å². The topological polar surface area (TPSA) is 88.5 Å². The molecule has 0 N–H and O–H groups in total. The van der Waals surface area contributed by atoms with Gasteiger partial charge in [0.25, 0.3) is 0 Å². The summed E-state index contributed by atoms with van der Waals surface area (Å²) in [5, 5.41) is 0. The van der Waals surface area contributed by atoms with Gasteiger partial charge in [0.1, 0.15) is 22.1 Å². The number of fused-ring (bicyclic) bond motifs is 2. The Labute approximate surface area is 624 Å². The second-order valence-corrected chi connectivity index (χ2v) is 36.2. The van der Waals surface area contributed by atoms with Gasteiger partial charge >= 0.3 is 0 Å². The third kappa shape index (κ3) is 27.2. The summed E-state index contributed by atoms with van der Waals surface area (Å²) < 4.78 is 50.9. The molecule has 8 rings (SSSR count). The van der Waals surface area contributed by atoms with E-state index < -0.39 is 0 Å². The lowest BCUT2D eigenvalue weighted by Crippen LogP contribution is -2.06. The van der Waals surface area contributed by atoms with Gasteiger partial charge in [0, 0.05) is 19.5 Å². The molecule has 8 aromatic rings. The van der Waals surface area contributed by atoms with Crippen molar-refractivity contribution in [2.24, 2.45) is 0 Å². The summed E-state index contributed by atoms with van der Waals surface area (Å²) in [6.45, 7) is 11.8. The fourth-order valence-corrected chi connectivity index (χ4v) is 19.1. The van der Waals surface area contributed by atoms with Gasteiger partial charge in [0.2, 0.25) is 0 Å². The third-order valence-electron chi connectivity index (χ3n) is 17.5. The average Bonchev–Trinajstić information content (AvgIpc) is 1.47. The van der Waals surface area contributed by atoms with Gasteiger partial charge in [-0.2, -0.15) is 17.5 Å². The van der Waals surface area contributed by atoms with Crippen LogP contribution in [0, 0.1) is 0 Å². The van der Waals surface area contributed by atoms with Crippen LogP contribution in [0.2, 0.25) is 0 Å². The number of unbranched alkanes of at least 4 members (excludes halogenated alkanes) is 36. The van der Waals surface area contributed by atoms with E-state index in [-0.39, 0.29) is 0 Å². The Bertz CT molecular complexity index is 2870. The lowest BCUT2D eigenvalue weighted by atomic mass is 10.0. The molecule has 520 valence electrons. The molecule has 0 saturated heterocycles. The lowest BCUT2D eigenvalue weighted by molar-refractivity contribution is 0.260. The molecule has 0 aliphatic carbocycles. The summed E-state index contributed by atoms with van der Waals surface area (Å²) in [5.74, 6) is 3.29. The van der Waals surface area contributed by atoms with Crippen molar-refractivity contribution in [3.63, 3.8) is 0 Å². The van der Waals surface area contributed by atoms with Gasteiger partial charge < -0.3 is 18.9 Å². The number of aromatic nitrogens is 4. The van der Waals surface area contributed by atoms with Gasteiger partial charge in [-0.15, -0.1) is 45.3 Å². The number of nitrogens with zero attached hydrogens (tertiary/aromatic N) is 4. The summed E-state index contributed by atoms with van der Waals surface area (Å²) >= 11 is 24.1. The minimum absolute atomic E-state index is 0.668. The number of thiophene rings is 4. The fourth-order valence-electron chi connectivity index (χ4n) is 12.2. The number of hydrogen-bond acceptors (Lipinski definition) is 14. The number of hydrogen-bond donors (Lipinski definition) is 0. The van der Waals surface area contributed by atoms with Crippen molar-refractivity contribution in [1.82, 2.24) is 17.5 Å². The predicted octanol–water partition coefficient (Wildman–Crippen LogP) is 30.5. The van der Waals surface area contributed by atoms with Gasteiger partial charge in [-0.05, 0) is 138 Å². The van der Waals surface area contributed by atoms with Crippen molar-refractivity contribution in [3.05, 3.63) is 63.7 Å². The van der Waals surface area contributed by atoms with Crippen LogP contribution in [0.4, 0.5) is 0 Å². The molecule has 18 heteroatoms. The second kappa shape index (κ2) is 47.9. The molecule has 0 aliphatic rings. The molecule has 0 amide bonds. The summed E-state index contributed by atoms with van der Waals surface area (Å²) in [6, 6.07) is 17.0. The van der Waals surface area contributed by atoms with Crippen LogP contribution in [0.3, 0.4) is 0 Å². The molecule has 2 aromatic carbocycles. The Hall–Kier alpha value is -2.00. The second-order valence-electron chi connectivity index (χ2n) is 25.3. The van der Waals surface area contributed by atoms with Gasteiger partial charge in [-0.1, -0.05) is 259 Å². The Morgan fingerprint density at radius 1 is 0.245 bits per heavy atom. The summed E-state index contributed by atoms with van der Waals surface area (Å²) in [4.78, 5) is 4.48. The molecule has 0 atom stereocenters. The third-order valence-corrected chi connectivity index (χ3v) is 25.1. The Morgan fingerprint density at radius 2 is 0.415 bits per heavy atom. The number of ether oxygens (including phenoxy) is 4. The number of halogens is 4. The lowest BCUT2D eigenvalue weighted by Gasteiger charge is -2.20. The minimum atomic E-state index is 0.668. The normalized spacial score (nSPS) is 11.6. The minimum Gasteiger partial charge on any atom is -0.489 e. The van der Waals surface area contributed by atoms with Gasteiger partial charge in [-0.3, -0.25) is 0 Å². The first kappa shape index (κ1) is 79.3. The van der Waals surface area contributed by atoms with Crippen LogP contribution in [0.15, 0.2) is 63.7 Å². The first-order valence-corrected chi connectivity index (χ1v) is 44.4. The predicted molar refractivity (Wildman–Crippen MR) is 428 cm³/mol. The molecule has 0 bridgehead atoms. The first-order chi connectivity index (χ1) is 46.3. The Kier molecular flexibility index (Phi) is 40.5. The molecule has 6 heterocycles. The highest BCUT2D eigenvalue weighted by atomic mass is 79.9. The van der Waals surface area contributed by atoms with Gasteiger partial charge in [-0.25, -0.2) is 0 Å². The fraction of sp³-hybridized carbons (Fsp3) is 0.632. The van der Waals surface area contributed by atoms with Crippen molar-refractivity contribution in [2.75, 3.05) is 26.4 Å². The van der Waals surface area contributed by atoms with Crippen molar-refractivity contribution >= 4 is 155 Å². The van der Waals surface area contributed by atoms with E-state index in [1.165, 1.54) is 255 Å². The molecular weight excluding hydrogens is 1540 g/mol. The smallest absolute Gasteiger partial charge is 0.172 e. The van der Waals surface area contributed by atoms with Crippen molar-refractivity contribution in [3.8, 4) is 64.8 Å². The van der Waals surface area contributed by atoms with E-state index in [1.807, 2.05) is 0 Å². The largest absolute Gasteiger partial charge is 0.489 e. The summed E-state index contributed by atoms with van der Waals surface area (Å²) in [5.41, 5.74) is 7.62. The first-order valence-electron chi connectivity index (χ1n) is 36.5. The van der Waals surface area contributed by atoms with Crippen LogP contribution in [0.5, 0.6) is 23.0 Å². The van der Waals surface area contributed by atoms with Crippen LogP contribution >= 0.6 is 133 Å². The maximum Gasteiger partial charge on any atom is 0.172 e. The molecule has 0 aliphatic heterocycles. The SMILES string of the molecule is CCCCCCCCCCCCOc1c(OCCCCCCCCCCCC)c(-c2ccc(Br)s2)c2nsnc2c1-c1ccc(Br)s1.CCCCCCCCCCCCOc1c(OCCCCCCCCCCCC)c(-c2ccc(Br)s2)c2nsnc2c1-c1ccc(Br)s1. The highest BCUT2D eigenvalue weighted by Gasteiger charge is 2.31. The van der Waals surface area contributed by atoms with Crippen molar-refractivity contribution in [1.29, 1.82) is 0 Å². The standard InChI is InChI=1S/2C38H54Br2N2O2S3/c2*1-3-5-7-9-11-13-15-17-19-21-27-43-37-33(29-23-25-31(39)45-29)35-36(42-47-41-35)34(30-24-26-32(40)46-30)38(37)44-28-22-20-18-16-14-12-10-8-6-4-2/h2*23-26H,3-22,27-28H2,1-2H3. The molecule has 6 aromatic heterocycles. The molecule has 8 nitrogen and oxygen atoms in total. The monoisotopic (exact) mass is 1650 g/mol. The highest BCUT2D eigenvalue weighted by Crippen LogP contribution is 2.55. The van der Waals surface area contributed by atoms with E-state index in [4.69, 9.17) is 36.4 Å².